The van der Waals surface area contributed by atoms with E-state index in [4.69, 9.17) is 0 Å². The average molecular weight is 484 g/mol. The quantitative estimate of drug-likeness (QED) is 0.656. The first kappa shape index (κ1) is 25.3. The molecular weight excluding hydrogens is 460 g/mol. The fourth-order valence-electron chi connectivity index (χ4n) is 3.81. The molecule has 0 aliphatic carbocycles. The third-order valence-corrected chi connectivity index (χ3v) is 5.61. The summed E-state index contributed by atoms with van der Waals surface area (Å²) in [4.78, 5) is 41.5. The van der Waals surface area contributed by atoms with E-state index in [1.807, 2.05) is 6.92 Å². The zero-order chi connectivity index (χ0) is 25.0. The van der Waals surface area contributed by atoms with Crippen LogP contribution in [0, 0.1) is 12.7 Å². The van der Waals surface area contributed by atoms with Crippen LogP contribution in [0.15, 0.2) is 23.0 Å². The van der Waals surface area contributed by atoms with Crippen LogP contribution >= 0.6 is 0 Å². The second-order valence-electron chi connectivity index (χ2n) is 7.90. The predicted molar refractivity (Wildman–Crippen MR) is 112 cm³/mol. The zero-order valence-corrected chi connectivity index (χ0v) is 18.7. The van der Waals surface area contributed by atoms with Gasteiger partial charge in [-0.1, -0.05) is 13.0 Å². The van der Waals surface area contributed by atoms with E-state index in [1.165, 1.54) is 23.1 Å². The topological polar surface area (TPSA) is 95.6 Å². The summed E-state index contributed by atoms with van der Waals surface area (Å²) in [5.41, 5.74) is 2.08. The number of carbonyl (C=O) groups is 2. The molecule has 0 atom stereocenters. The number of alkyl halides is 3. The Morgan fingerprint density at radius 2 is 1.91 bits per heavy atom. The molecule has 0 bridgehead atoms. The van der Waals surface area contributed by atoms with Crippen LogP contribution in [0.5, 0.6) is 0 Å². The number of benzene rings is 1. The Kier molecular flexibility index (Phi) is 7.70. The highest BCUT2D eigenvalue weighted by Gasteiger charge is 2.42. The first-order chi connectivity index (χ1) is 16.0. The van der Waals surface area contributed by atoms with Crippen molar-refractivity contribution in [2.75, 3.05) is 26.2 Å². The normalized spacial score (nSPS) is 15.2. The number of H-pyrrole nitrogens is 1. The van der Waals surface area contributed by atoms with Crippen molar-refractivity contribution >= 4 is 11.9 Å². The molecule has 1 aromatic carbocycles. The third-order valence-electron chi connectivity index (χ3n) is 5.61. The van der Waals surface area contributed by atoms with Gasteiger partial charge >= 0.3 is 12.1 Å². The number of carbonyl (C=O) groups excluding carboxylic acids is 2. The SMILES string of the molecule is CCc1c(Cc2ccc(F)c(C(=O)N3CCCN(OC(=O)C(F)(F)F)CC3)c2)n[nH]c(=O)c1C. The van der Waals surface area contributed by atoms with Crippen LogP contribution in [0.3, 0.4) is 0 Å². The van der Waals surface area contributed by atoms with Gasteiger partial charge in [-0.25, -0.2) is 14.3 Å². The van der Waals surface area contributed by atoms with Crippen molar-refractivity contribution in [1.82, 2.24) is 20.2 Å². The Morgan fingerprint density at radius 1 is 1.18 bits per heavy atom. The van der Waals surface area contributed by atoms with Crippen LogP contribution in [0.25, 0.3) is 0 Å². The molecule has 3 rings (SSSR count). The Morgan fingerprint density at radius 3 is 2.59 bits per heavy atom. The van der Waals surface area contributed by atoms with Crippen LogP contribution in [-0.4, -0.2) is 64.4 Å². The number of nitrogens with zero attached hydrogens (tertiary/aromatic N) is 3. The molecule has 1 aliphatic heterocycles. The van der Waals surface area contributed by atoms with E-state index in [0.717, 1.165) is 10.6 Å². The molecule has 8 nitrogen and oxygen atoms in total. The van der Waals surface area contributed by atoms with E-state index in [2.05, 4.69) is 15.0 Å². The molecule has 2 aromatic rings. The van der Waals surface area contributed by atoms with E-state index in [0.29, 0.717) is 23.2 Å². The van der Waals surface area contributed by atoms with E-state index in [-0.39, 0.29) is 50.1 Å². The minimum Gasteiger partial charge on any atom is -0.361 e. The molecule has 1 N–H and O–H groups in total. The number of hydroxylamine groups is 2. The fourth-order valence-corrected chi connectivity index (χ4v) is 3.81. The van der Waals surface area contributed by atoms with Gasteiger partial charge in [-0.15, -0.1) is 5.06 Å². The van der Waals surface area contributed by atoms with Gasteiger partial charge in [0.2, 0.25) is 0 Å². The summed E-state index contributed by atoms with van der Waals surface area (Å²) in [5.74, 6) is -3.69. The number of halogens is 4. The maximum Gasteiger partial charge on any atom is 0.492 e. The number of rotatable bonds is 5. The van der Waals surface area contributed by atoms with Crippen LogP contribution in [0.4, 0.5) is 17.6 Å². The molecule has 0 spiro atoms. The molecule has 0 radical (unpaired) electrons. The first-order valence-electron chi connectivity index (χ1n) is 10.7. The van der Waals surface area contributed by atoms with Crippen molar-refractivity contribution in [3.63, 3.8) is 0 Å². The molecule has 184 valence electrons. The lowest BCUT2D eigenvalue weighted by atomic mass is 9.99. The van der Waals surface area contributed by atoms with Gasteiger partial charge in [0, 0.05) is 31.6 Å². The zero-order valence-electron chi connectivity index (χ0n) is 18.7. The molecule has 1 saturated heterocycles. The second kappa shape index (κ2) is 10.3. The first-order valence-corrected chi connectivity index (χ1v) is 10.7. The van der Waals surface area contributed by atoms with Gasteiger partial charge < -0.3 is 9.74 Å². The maximum atomic E-state index is 14.5. The summed E-state index contributed by atoms with van der Waals surface area (Å²) in [6.07, 6.45) is -4.04. The average Bonchev–Trinajstić information content (AvgIpc) is 3.02. The molecule has 2 heterocycles. The number of aromatic nitrogens is 2. The van der Waals surface area contributed by atoms with Crippen molar-refractivity contribution in [2.45, 2.75) is 39.3 Å². The van der Waals surface area contributed by atoms with Crippen molar-refractivity contribution in [2.24, 2.45) is 0 Å². The van der Waals surface area contributed by atoms with Crippen LogP contribution < -0.4 is 5.56 Å². The van der Waals surface area contributed by atoms with Crippen molar-refractivity contribution in [1.29, 1.82) is 0 Å². The van der Waals surface area contributed by atoms with Gasteiger partial charge in [0.1, 0.15) is 5.82 Å². The minimum absolute atomic E-state index is 0.00511. The predicted octanol–water partition coefficient (Wildman–Crippen LogP) is 2.54. The fraction of sp³-hybridized carbons (Fsp3) is 0.455. The molecule has 1 aliphatic rings. The van der Waals surface area contributed by atoms with E-state index >= 15 is 0 Å². The lowest BCUT2D eigenvalue weighted by Crippen LogP contribution is -2.38. The van der Waals surface area contributed by atoms with Crippen LogP contribution in [0.1, 0.15) is 46.1 Å². The van der Waals surface area contributed by atoms with Gasteiger partial charge in [0.05, 0.1) is 17.8 Å². The second-order valence-corrected chi connectivity index (χ2v) is 7.90. The lowest BCUT2D eigenvalue weighted by Gasteiger charge is -2.22. The Labute approximate surface area is 192 Å². The Balaban J connectivity index is 1.75. The van der Waals surface area contributed by atoms with E-state index in [1.54, 1.807) is 6.92 Å². The van der Waals surface area contributed by atoms with E-state index in [9.17, 15) is 31.9 Å². The monoisotopic (exact) mass is 484 g/mol. The molecule has 12 heteroatoms. The Bertz CT molecular complexity index is 1130. The van der Waals surface area contributed by atoms with Gasteiger partial charge in [0.15, 0.2) is 0 Å². The van der Waals surface area contributed by atoms with Crippen LogP contribution in [-0.2, 0) is 22.5 Å². The number of hydrogen-bond donors (Lipinski definition) is 1. The summed E-state index contributed by atoms with van der Waals surface area (Å²) in [6.45, 7) is 3.55. The highest BCUT2D eigenvalue weighted by molar-refractivity contribution is 5.94. The smallest absolute Gasteiger partial charge is 0.361 e. The van der Waals surface area contributed by atoms with Crippen molar-refractivity contribution in [3.8, 4) is 0 Å². The molecule has 0 unspecified atom stereocenters. The third kappa shape index (κ3) is 5.79. The lowest BCUT2D eigenvalue weighted by molar-refractivity contribution is -0.237. The van der Waals surface area contributed by atoms with Gasteiger partial charge in [-0.05, 0) is 43.0 Å². The summed E-state index contributed by atoms with van der Waals surface area (Å²) < 4.78 is 51.8. The minimum atomic E-state index is -5.12. The summed E-state index contributed by atoms with van der Waals surface area (Å²) >= 11 is 0. The van der Waals surface area contributed by atoms with Crippen LogP contribution in [0.2, 0.25) is 0 Å². The molecule has 1 aromatic heterocycles. The number of amides is 1. The highest BCUT2D eigenvalue weighted by atomic mass is 19.4. The number of nitrogens with one attached hydrogen (secondary N) is 1. The number of hydrogen-bond acceptors (Lipinski definition) is 6. The summed E-state index contributed by atoms with van der Waals surface area (Å²) in [5, 5.41) is 7.39. The summed E-state index contributed by atoms with van der Waals surface area (Å²) in [7, 11) is 0. The molecule has 0 saturated carbocycles. The summed E-state index contributed by atoms with van der Waals surface area (Å²) in [6, 6.07) is 4.10. The number of aromatic amines is 1. The van der Waals surface area contributed by atoms with E-state index < -0.39 is 23.9 Å². The van der Waals surface area contributed by atoms with Gasteiger partial charge in [0.25, 0.3) is 11.5 Å². The molecular formula is C22H24F4N4O4. The van der Waals surface area contributed by atoms with Crippen molar-refractivity contribution in [3.05, 3.63) is 62.3 Å². The highest BCUT2D eigenvalue weighted by Crippen LogP contribution is 2.20. The van der Waals surface area contributed by atoms with Crippen molar-refractivity contribution < 1.29 is 32.0 Å². The van der Waals surface area contributed by atoms with Gasteiger partial charge in [-0.3, -0.25) is 9.59 Å². The standard InChI is InChI=1S/C22H24F4N4O4/c1-3-15-13(2)19(31)28-27-18(15)12-14-5-6-17(23)16(11-14)20(32)29-7-4-8-30(10-9-29)34-21(33)22(24,25)26/h5-6,11H,3-4,7-10,12H2,1-2H3,(H,28,31). The Hall–Kier alpha value is -3.28. The largest absolute Gasteiger partial charge is 0.492 e. The molecule has 1 amide bonds. The molecule has 34 heavy (non-hydrogen) atoms. The van der Waals surface area contributed by atoms with Gasteiger partial charge in [-0.2, -0.15) is 18.3 Å². The molecule has 1 fully saturated rings. The maximum absolute atomic E-state index is 14.5.